The molecule has 1 aromatic heterocycles. The lowest BCUT2D eigenvalue weighted by Gasteiger charge is -2.29. The number of hydrogen-bond donors (Lipinski definition) is 0. The van der Waals surface area contributed by atoms with Crippen molar-refractivity contribution in [3.63, 3.8) is 0 Å². The minimum atomic E-state index is -3.55. The second kappa shape index (κ2) is 6.55. The van der Waals surface area contributed by atoms with Gasteiger partial charge in [-0.25, -0.2) is 8.42 Å². The van der Waals surface area contributed by atoms with Crippen LogP contribution in [-0.4, -0.2) is 38.3 Å². The molecule has 1 unspecified atom stereocenters. The second-order valence-electron chi connectivity index (χ2n) is 6.93. The van der Waals surface area contributed by atoms with E-state index in [1.165, 1.54) is 4.31 Å². The van der Waals surface area contributed by atoms with Crippen LogP contribution in [0.15, 0.2) is 45.9 Å². The van der Waals surface area contributed by atoms with Crippen LogP contribution in [0.1, 0.15) is 37.0 Å². The van der Waals surface area contributed by atoms with E-state index in [-0.39, 0.29) is 11.8 Å². The number of benzene rings is 1. The summed E-state index contributed by atoms with van der Waals surface area (Å²) in [5.74, 6) is 0.929. The number of nitrogens with zero attached hydrogens (tertiary/aromatic N) is 2. The smallest absolute Gasteiger partial charge is 0.243 e. The molecule has 0 saturated carbocycles. The number of fused-ring (bicyclic) bond motifs is 1. The summed E-state index contributed by atoms with van der Waals surface area (Å²) in [6.07, 6.45) is 4.02. The lowest BCUT2D eigenvalue weighted by atomic mass is 10.0. The van der Waals surface area contributed by atoms with Gasteiger partial charge in [-0.2, -0.15) is 4.31 Å². The van der Waals surface area contributed by atoms with Gasteiger partial charge in [0.1, 0.15) is 5.76 Å². The van der Waals surface area contributed by atoms with Gasteiger partial charge in [0.05, 0.1) is 11.2 Å². The highest BCUT2D eigenvalue weighted by atomic mass is 32.2. The number of rotatable bonds is 3. The summed E-state index contributed by atoms with van der Waals surface area (Å²) in [5, 5.41) is 0. The van der Waals surface area contributed by atoms with Crippen molar-refractivity contribution in [3.05, 3.63) is 47.9 Å². The Morgan fingerprint density at radius 2 is 2.08 bits per heavy atom. The van der Waals surface area contributed by atoms with Gasteiger partial charge in [-0.3, -0.25) is 4.79 Å². The van der Waals surface area contributed by atoms with Crippen LogP contribution in [-0.2, 0) is 21.2 Å². The fourth-order valence-corrected chi connectivity index (χ4v) is 5.46. The average Bonchev–Trinajstić information content (AvgIpc) is 3.31. The number of carbonyl (C=O) groups excluding carboxylic acids is 1. The van der Waals surface area contributed by atoms with Crippen LogP contribution in [0, 0.1) is 0 Å². The Balaban J connectivity index is 1.60. The van der Waals surface area contributed by atoms with E-state index in [0.717, 1.165) is 36.3 Å². The molecule has 1 saturated heterocycles. The molecular weight excluding hydrogens is 352 g/mol. The molecule has 26 heavy (non-hydrogen) atoms. The number of anilines is 1. The first-order valence-corrected chi connectivity index (χ1v) is 10.4. The van der Waals surface area contributed by atoms with E-state index in [1.54, 1.807) is 36.3 Å². The lowest BCUT2D eigenvalue weighted by molar-refractivity contribution is -0.116. The Hall–Kier alpha value is -2.12. The number of sulfonamides is 1. The molecule has 0 aliphatic carbocycles. The lowest BCUT2D eigenvalue weighted by Crippen LogP contribution is -2.34. The molecule has 1 atom stereocenters. The van der Waals surface area contributed by atoms with E-state index in [1.807, 2.05) is 12.1 Å². The molecule has 2 aliphatic heterocycles. The molecule has 0 bridgehead atoms. The van der Waals surface area contributed by atoms with Gasteiger partial charge in [0.2, 0.25) is 15.9 Å². The number of furan rings is 1. The Morgan fingerprint density at radius 3 is 2.81 bits per heavy atom. The number of aryl methyl sites for hydroxylation is 1. The minimum absolute atomic E-state index is 0.0117. The van der Waals surface area contributed by atoms with Crippen LogP contribution in [0.25, 0.3) is 0 Å². The van der Waals surface area contributed by atoms with E-state index in [2.05, 4.69) is 0 Å². The molecule has 6 nitrogen and oxygen atoms in total. The van der Waals surface area contributed by atoms with Crippen LogP contribution in [0.3, 0.4) is 0 Å². The molecule has 0 N–H and O–H groups in total. The van der Waals surface area contributed by atoms with E-state index < -0.39 is 10.0 Å². The highest BCUT2D eigenvalue weighted by molar-refractivity contribution is 7.89. The zero-order chi connectivity index (χ0) is 18.3. The third-order valence-electron chi connectivity index (χ3n) is 5.28. The first-order valence-electron chi connectivity index (χ1n) is 8.91. The summed E-state index contributed by atoms with van der Waals surface area (Å²) in [4.78, 5) is 13.8. The molecule has 2 aliphatic rings. The average molecular weight is 374 g/mol. The predicted molar refractivity (Wildman–Crippen MR) is 97.6 cm³/mol. The highest BCUT2D eigenvalue weighted by Crippen LogP contribution is 2.34. The normalized spacial score (nSPS) is 21.0. The molecule has 7 heteroatoms. The molecule has 1 fully saturated rings. The quantitative estimate of drug-likeness (QED) is 0.828. The minimum Gasteiger partial charge on any atom is -0.469 e. The third kappa shape index (κ3) is 2.95. The van der Waals surface area contributed by atoms with Gasteiger partial charge in [-0.15, -0.1) is 0 Å². The van der Waals surface area contributed by atoms with Crippen molar-refractivity contribution in [1.29, 1.82) is 0 Å². The van der Waals surface area contributed by atoms with Gasteiger partial charge in [-0.1, -0.05) is 0 Å². The first-order chi connectivity index (χ1) is 12.5. The van der Waals surface area contributed by atoms with Gasteiger partial charge in [0.25, 0.3) is 0 Å². The topological polar surface area (TPSA) is 70.8 Å². The second-order valence-corrected chi connectivity index (χ2v) is 8.87. The van der Waals surface area contributed by atoms with Crippen molar-refractivity contribution in [3.8, 4) is 0 Å². The van der Waals surface area contributed by atoms with Crippen molar-refractivity contribution in [1.82, 2.24) is 4.31 Å². The standard InChI is InChI=1S/C19H22N2O4S/c1-14(22)21-9-2-4-15-12-17(6-7-18(15)21)26(23,24)20-10-8-16(13-20)19-5-3-11-25-19/h3,5-7,11-12,16H,2,4,8-10,13H2,1H3. The molecular formula is C19H22N2O4S. The molecule has 138 valence electrons. The maximum atomic E-state index is 13.1. The van der Waals surface area contributed by atoms with E-state index in [9.17, 15) is 13.2 Å². The van der Waals surface area contributed by atoms with Gasteiger partial charge in [0.15, 0.2) is 0 Å². The molecule has 0 radical (unpaired) electrons. The predicted octanol–water partition coefficient (Wildman–Crippen LogP) is 2.76. The van der Waals surface area contributed by atoms with Crippen LogP contribution >= 0.6 is 0 Å². The van der Waals surface area contributed by atoms with Crippen molar-refractivity contribution < 1.29 is 17.6 Å². The number of hydrogen-bond acceptors (Lipinski definition) is 4. The van der Waals surface area contributed by atoms with Crippen molar-refractivity contribution in [2.24, 2.45) is 0 Å². The first kappa shape index (κ1) is 17.3. The fourth-order valence-electron chi connectivity index (χ4n) is 3.91. The summed E-state index contributed by atoms with van der Waals surface area (Å²) >= 11 is 0. The Kier molecular flexibility index (Phi) is 4.36. The number of carbonyl (C=O) groups is 1. The van der Waals surface area contributed by atoms with Crippen molar-refractivity contribution in [2.45, 2.75) is 37.0 Å². The van der Waals surface area contributed by atoms with Crippen LogP contribution < -0.4 is 4.90 Å². The monoisotopic (exact) mass is 374 g/mol. The molecule has 3 heterocycles. The zero-order valence-electron chi connectivity index (χ0n) is 14.7. The SMILES string of the molecule is CC(=O)N1CCCc2cc(S(=O)(=O)N3CCC(c4ccco4)C3)ccc21. The summed E-state index contributed by atoms with van der Waals surface area (Å²) < 4.78 is 33.1. The summed E-state index contributed by atoms with van der Waals surface area (Å²) in [7, 11) is -3.55. The molecule has 4 rings (SSSR count). The molecule has 2 aromatic rings. The Labute approximate surface area is 153 Å². The van der Waals surface area contributed by atoms with Gasteiger partial charge in [-0.05, 0) is 55.2 Å². The van der Waals surface area contributed by atoms with Crippen LogP contribution in [0.5, 0.6) is 0 Å². The molecule has 1 amide bonds. The molecule has 0 spiro atoms. The van der Waals surface area contributed by atoms with E-state index >= 15 is 0 Å². The maximum Gasteiger partial charge on any atom is 0.243 e. The largest absolute Gasteiger partial charge is 0.469 e. The molecule has 1 aromatic carbocycles. The van der Waals surface area contributed by atoms with Crippen LogP contribution in [0.2, 0.25) is 0 Å². The van der Waals surface area contributed by atoms with E-state index in [4.69, 9.17) is 4.42 Å². The van der Waals surface area contributed by atoms with Gasteiger partial charge >= 0.3 is 0 Å². The maximum absolute atomic E-state index is 13.1. The Morgan fingerprint density at radius 1 is 1.23 bits per heavy atom. The third-order valence-corrected chi connectivity index (χ3v) is 7.15. The van der Waals surface area contributed by atoms with Crippen molar-refractivity contribution >= 4 is 21.6 Å². The van der Waals surface area contributed by atoms with E-state index in [0.29, 0.717) is 24.5 Å². The summed E-state index contributed by atoms with van der Waals surface area (Å²) in [6.45, 7) is 3.15. The summed E-state index contributed by atoms with van der Waals surface area (Å²) in [5.41, 5.74) is 1.76. The fraction of sp³-hybridized carbons (Fsp3) is 0.421. The van der Waals surface area contributed by atoms with Crippen LogP contribution in [0.4, 0.5) is 5.69 Å². The zero-order valence-corrected chi connectivity index (χ0v) is 15.5. The Bertz CT molecular complexity index is 921. The van der Waals surface area contributed by atoms with Gasteiger partial charge in [0, 0.05) is 38.2 Å². The van der Waals surface area contributed by atoms with Gasteiger partial charge < -0.3 is 9.32 Å². The number of amides is 1. The van der Waals surface area contributed by atoms with Crippen molar-refractivity contribution in [2.75, 3.05) is 24.5 Å². The highest BCUT2D eigenvalue weighted by Gasteiger charge is 2.35. The summed E-state index contributed by atoms with van der Waals surface area (Å²) in [6, 6.07) is 8.85.